The Labute approximate surface area is 303 Å². The first-order valence-electron chi connectivity index (χ1n) is 17.2. The fraction of sp³-hybridized carbons (Fsp3) is 0.0909. The van der Waals surface area contributed by atoms with E-state index in [0.717, 1.165) is 22.1 Å². The molecule has 54 heavy (non-hydrogen) atoms. The summed E-state index contributed by atoms with van der Waals surface area (Å²) in [6, 6.07) is 30.2. The van der Waals surface area contributed by atoms with Crippen LogP contribution in [0, 0.1) is 11.6 Å². The van der Waals surface area contributed by atoms with Gasteiger partial charge in [-0.1, -0.05) is 24.3 Å². The number of fused-ring (bicyclic) bond motifs is 8. The maximum Gasteiger partial charge on any atom is 0.197 e. The number of benzene rings is 6. The van der Waals surface area contributed by atoms with Crippen LogP contribution in [0.25, 0.3) is 87.2 Å². The summed E-state index contributed by atoms with van der Waals surface area (Å²) >= 11 is 0. The number of rotatable bonds is 0. The van der Waals surface area contributed by atoms with Crippen molar-refractivity contribution in [3.8, 4) is 0 Å². The molecular formula is C44H30F2N4O4. The van der Waals surface area contributed by atoms with Crippen molar-refractivity contribution < 1.29 is 8.78 Å². The van der Waals surface area contributed by atoms with Gasteiger partial charge in [0.15, 0.2) is 21.7 Å². The summed E-state index contributed by atoms with van der Waals surface area (Å²) in [4.78, 5) is 52.1. The molecular weight excluding hydrogens is 687 g/mol. The molecule has 4 aromatic heterocycles. The van der Waals surface area contributed by atoms with Gasteiger partial charge < -0.3 is 18.3 Å². The highest BCUT2D eigenvalue weighted by Crippen LogP contribution is 2.27. The summed E-state index contributed by atoms with van der Waals surface area (Å²) in [5.41, 5.74) is 4.77. The van der Waals surface area contributed by atoms with Crippen molar-refractivity contribution in [2.75, 3.05) is 0 Å². The van der Waals surface area contributed by atoms with E-state index in [1.54, 1.807) is 35.4 Å². The second kappa shape index (κ2) is 11.8. The highest BCUT2D eigenvalue weighted by Gasteiger charge is 2.17. The van der Waals surface area contributed by atoms with Crippen molar-refractivity contribution in [3.05, 3.63) is 162 Å². The predicted molar refractivity (Wildman–Crippen MR) is 214 cm³/mol. The number of aromatic nitrogens is 4. The highest BCUT2D eigenvalue weighted by molar-refractivity contribution is 6.05. The maximum atomic E-state index is 13.7. The molecule has 10 heteroatoms. The molecule has 0 spiro atoms. The molecule has 0 unspecified atom stereocenters. The Bertz CT molecular complexity index is 3320. The smallest absolute Gasteiger partial charge is 0.197 e. The van der Waals surface area contributed by atoms with Crippen LogP contribution in [0.3, 0.4) is 0 Å². The van der Waals surface area contributed by atoms with Gasteiger partial charge in [0.25, 0.3) is 0 Å². The molecule has 0 aliphatic heterocycles. The van der Waals surface area contributed by atoms with Crippen molar-refractivity contribution >= 4 is 87.2 Å². The van der Waals surface area contributed by atoms with Gasteiger partial charge >= 0.3 is 0 Å². The summed E-state index contributed by atoms with van der Waals surface area (Å²) in [6.45, 7) is 0. The zero-order valence-electron chi connectivity index (χ0n) is 29.6. The number of hydrogen-bond donors (Lipinski definition) is 0. The van der Waals surface area contributed by atoms with Gasteiger partial charge in [-0.15, -0.1) is 0 Å². The Morgan fingerprint density at radius 2 is 0.574 bits per heavy atom. The number of hydrogen-bond acceptors (Lipinski definition) is 4. The molecule has 4 heterocycles. The van der Waals surface area contributed by atoms with Crippen LogP contribution in [0.1, 0.15) is 0 Å². The van der Waals surface area contributed by atoms with Crippen LogP contribution in [-0.4, -0.2) is 18.3 Å². The van der Waals surface area contributed by atoms with Gasteiger partial charge in [-0.3, -0.25) is 19.2 Å². The summed E-state index contributed by atoms with van der Waals surface area (Å²) in [5, 5.41) is 4.26. The molecule has 0 bridgehead atoms. The lowest BCUT2D eigenvalue weighted by molar-refractivity contribution is 0.628. The molecule has 10 aromatic rings. The molecule has 0 saturated carbocycles. The van der Waals surface area contributed by atoms with E-state index in [1.807, 2.05) is 83.9 Å². The first-order chi connectivity index (χ1) is 25.9. The molecule has 264 valence electrons. The number of pyridine rings is 4. The molecule has 0 aliphatic carbocycles. The third-order valence-corrected chi connectivity index (χ3v) is 10.8. The summed E-state index contributed by atoms with van der Waals surface area (Å²) in [6.07, 6.45) is 0. The fourth-order valence-electron chi connectivity index (χ4n) is 7.96. The Hall–Kier alpha value is -6.94. The van der Waals surface area contributed by atoms with E-state index in [4.69, 9.17) is 0 Å². The van der Waals surface area contributed by atoms with Gasteiger partial charge in [-0.05, 0) is 84.9 Å². The van der Waals surface area contributed by atoms with Crippen LogP contribution in [0.4, 0.5) is 8.78 Å². The Morgan fingerprint density at radius 1 is 0.315 bits per heavy atom. The summed E-state index contributed by atoms with van der Waals surface area (Å²) < 4.78 is 34.8. The van der Waals surface area contributed by atoms with E-state index >= 15 is 0 Å². The minimum atomic E-state index is -0.438. The van der Waals surface area contributed by atoms with Gasteiger partial charge in [0.2, 0.25) is 0 Å². The monoisotopic (exact) mass is 716 g/mol. The normalized spacial score (nSPS) is 11.8. The van der Waals surface area contributed by atoms with Crippen LogP contribution in [0.15, 0.2) is 128 Å². The van der Waals surface area contributed by atoms with E-state index in [-0.39, 0.29) is 21.7 Å². The second-order valence-corrected chi connectivity index (χ2v) is 13.7. The van der Waals surface area contributed by atoms with Gasteiger partial charge in [0, 0.05) is 71.3 Å². The molecule has 0 N–H and O–H groups in total. The van der Waals surface area contributed by atoms with Gasteiger partial charge in [0.1, 0.15) is 11.6 Å². The molecule has 0 fully saturated rings. The molecule has 0 aliphatic rings. The minimum Gasteiger partial charge on any atom is -0.343 e. The lowest BCUT2D eigenvalue weighted by Crippen LogP contribution is -2.13. The SMILES string of the molecule is Cn1c2cc(F)ccc2c(=O)c2cc3c(cc21)c(=O)c1ccc(F)cc1n3C.Cn1c2ccccc2c(=O)c2cc3c(cc21)c(=O)c1ccccc1n3C. The molecule has 10 rings (SSSR count). The van der Waals surface area contributed by atoms with Crippen LogP contribution in [0.2, 0.25) is 0 Å². The third kappa shape index (κ3) is 4.66. The number of aryl methyl sites for hydroxylation is 4. The van der Waals surface area contributed by atoms with Crippen molar-refractivity contribution in [1.82, 2.24) is 18.3 Å². The molecule has 0 radical (unpaired) electrons. The number of nitrogens with zero attached hydrogens (tertiary/aromatic N) is 4. The lowest BCUT2D eigenvalue weighted by atomic mass is 10.0. The van der Waals surface area contributed by atoms with Gasteiger partial charge in [-0.2, -0.15) is 0 Å². The maximum absolute atomic E-state index is 13.7. The third-order valence-electron chi connectivity index (χ3n) is 10.8. The van der Waals surface area contributed by atoms with Crippen LogP contribution in [0.5, 0.6) is 0 Å². The largest absolute Gasteiger partial charge is 0.343 e. The standard InChI is InChI=1S/C22H14F2N2O2.C22H16N2O2/c1-25-17-7-11(23)3-5-13(17)21(27)15-10-20-16(9-19(15)25)22(28)14-6-4-12(24)8-18(14)26(20)2;1-23-17-9-5-3-7-13(17)21(25)15-12-20-16(11-19(15)23)22(26)14-8-4-6-10-18(14)24(20)2/h3-10H,1-2H3;3-12H,1-2H3. The molecule has 8 nitrogen and oxygen atoms in total. The van der Waals surface area contributed by atoms with Gasteiger partial charge in [0.05, 0.1) is 44.1 Å². The average molecular weight is 717 g/mol. The Kier molecular flexibility index (Phi) is 7.19. The van der Waals surface area contributed by atoms with Crippen molar-refractivity contribution in [2.45, 2.75) is 0 Å². The highest BCUT2D eigenvalue weighted by atomic mass is 19.1. The molecule has 6 aromatic carbocycles. The van der Waals surface area contributed by atoms with Gasteiger partial charge in [-0.25, -0.2) is 8.78 Å². The molecule has 0 saturated heterocycles. The van der Waals surface area contributed by atoms with E-state index < -0.39 is 11.6 Å². The first-order valence-corrected chi connectivity index (χ1v) is 17.2. The number of para-hydroxylation sites is 2. The van der Waals surface area contributed by atoms with Crippen molar-refractivity contribution in [2.24, 2.45) is 28.2 Å². The Balaban J connectivity index is 0.000000143. The average Bonchev–Trinajstić information content (AvgIpc) is 3.19. The quantitative estimate of drug-likeness (QED) is 0.151. The number of halogens is 2. The van der Waals surface area contributed by atoms with Crippen molar-refractivity contribution in [3.63, 3.8) is 0 Å². The summed E-state index contributed by atoms with van der Waals surface area (Å²) in [5.74, 6) is -0.877. The van der Waals surface area contributed by atoms with E-state index in [2.05, 4.69) is 0 Å². The minimum absolute atomic E-state index is 0.00351. The zero-order valence-corrected chi connectivity index (χ0v) is 29.6. The first kappa shape index (κ1) is 32.9. The van der Waals surface area contributed by atoms with E-state index in [0.29, 0.717) is 65.2 Å². The summed E-state index contributed by atoms with van der Waals surface area (Å²) in [7, 11) is 7.33. The van der Waals surface area contributed by atoms with E-state index in [1.165, 1.54) is 36.4 Å². The second-order valence-electron chi connectivity index (χ2n) is 13.7. The molecule has 0 amide bonds. The zero-order chi connectivity index (χ0) is 37.7. The van der Waals surface area contributed by atoms with Crippen molar-refractivity contribution in [1.29, 1.82) is 0 Å². The predicted octanol–water partition coefficient (Wildman–Crippen LogP) is 7.67. The molecule has 0 atom stereocenters. The fourth-order valence-corrected chi connectivity index (χ4v) is 7.96. The van der Waals surface area contributed by atoms with Crippen LogP contribution < -0.4 is 21.7 Å². The Morgan fingerprint density at radius 3 is 0.907 bits per heavy atom. The topological polar surface area (TPSA) is 88.0 Å². The lowest BCUT2D eigenvalue weighted by Gasteiger charge is -2.14. The van der Waals surface area contributed by atoms with Crippen LogP contribution >= 0.6 is 0 Å². The van der Waals surface area contributed by atoms with E-state index in [9.17, 15) is 28.0 Å². The van der Waals surface area contributed by atoms with Crippen LogP contribution in [-0.2, 0) is 28.2 Å².